The van der Waals surface area contributed by atoms with Crippen molar-refractivity contribution in [3.63, 3.8) is 0 Å². The van der Waals surface area contributed by atoms with E-state index in [-0.39, 0.29) is 24.4 Å². The van der Waals surface area contributed by atoms with Gasteiger partial charge in [-0.05, 0) is 70.8 Å². The summed E-state index contributed by atoms with van der Waals surface area (Å²) in [6.07, 6.45) is 1.39. The highest BCUT2D eigenvalue weighted by Crippen LogP contribution is 2.47. The summed E-state index contributed by atoms with van der Waals surface area (Å²) in [5.74, 6) is -3.16. The number of fused-ring (bicyclic) bond motifs is 5. The van der Waals surface area contributed by atoms with Crippen LogP contribution in [0.25, 0.3) is 10.8 Å². The molecule has 3 aromatic rings. The maximum absolute atomic E-state index is 13.6. The fourth-order valence-corrected chi connectivity index (χ4v) is 6.60. The van der Waals surface area contributed by atoms with Gasteiger partial charge in [-0.15, -0.1) is 0 Å². The van der Waals surface area contributed by atoms with Crippen LogP contribution in [0.4, 0.5) is 0 Å². The molecule has 36 heavy (non-hydrogen) atoms. The highest BCUT2D eigenvalue weighted by atomic mass is 16.7. The molecule has 1 heterocycles. The zero-order valence-corrected chi connectivity index (χ0v) is 20.1. The van der Waals surface area contributed by atoms with Gasteiger partial charge in [0.15, 0.2) is 17.0 Å². The van der Waals surface area contributed by atoms with Crippen LogP contribution in [0.3, 0.4) is 0 Å². The number of rotatable bonds is 0. The largest absolute Gasteiger partial charge is 0.422 e. The molecule has 1 fully saturated rings. The number of Topliss-reactive ketones (excluding diaryl/α,β-unsaturated/α-hetero) is 2. The van der Waals surface area contributed by atoms with Gasteiger partial charge in [-0.25, -0.2) is 0 Å². The normalized spacial score (nSPS) is 25.1. The number of cyclic esters (lactones) is 2. The summed E-state index contributed by atoms with van der Waals surface area (Å²) < 4.78 is 10.9. The molecule has 0 unspecified atom stereocenters. The minimum atomic E-state index is -1.36. The number of carbonyl (C=O) groups excluding carboxylic acids is 4. The Kier molecular flexibility index (Phi) is 4.12. The predicted octanol–water partition coefficient (Wildman–Crippen LogP) is 4.17. The lowest BCUT2D eigenvalue weighted by Crippen LogP contribution is -2.54. The van der Waals surface area contributed by atoms with Crippen LogP contribution in [0.2, 0.25) is 0 Å². The van der Waals surface area contributed by atoms with Crippen LogP contribution in [0.1, 0.15) is 56.8 Å². The number of ether oxygens (including phenoxy) is 2. The van der Waals surface area contributed by atoms with Crippen molar-refractivity contribution in [1.29, 1.82) is 0 Å². The summed E-state index contributed by atoms with van der Waals surface area (Å²) in [4.78, 5) is 53.1. The first-order valence-corrected chi connectivity index (χ1v) is 12.4. The SMILES string of the molecule is CC1(C)OC(=O)C2(Cc3cc4c(cc3C2)C[C@H]2C(=O)c3cc5ccccc5cc3C(=O)[C@H]2C4)C(=O)O1. The van der Waals surface area contributed by atoms with E-state index in [9.17, 15) is 19.2 Å². The Morgan fingerprint density at radius 1 is 0.667 bits per heavy atom. The Labute approximate surface area is 207 Å². The number of hydrogen-bond donors (Lipinski definition) is 0. The Balaban J connectivity index is 1.25. The van der Waals surface area contributed by atoms with Gasteiger partial charge in [0.1, 0.15) is 0 Å². The molecular weight excluding hydrogens is 456 g/mol. The molecule has 0 aromatic heterocycles. The van der Waals surface area contributed by atoms with Gasteiger partial charge in [0.25, 0.3) is 5.79 Å². The third-order valence-electron chi connectivity index (χ3n) is 8.42. The standard InChI is InChI=1S/C30H24O6/c1-29(2)35-27(33)30(28(34)36-29)13-19-7-17-11-23-24(12-18(17)8-20(19)14-30)26(32)22-10-16-6-4-3-5-15(16)9-21(22)25(23)31/h3-10,23-24H,11-14H2,1-2H3/t23-,24+. The smallest absolute Gasteiger partial charge is 0.327 e. The molecule has 6 nitrogen and oxygen atoms in total. The van der Waals surface area contributed by atoms with Crippen LogP contribution in [0.5, 0.6) is 0 Å². The summed E-state index contributed by atoms with van der Waals surface area (Å²) in [5, 5.41) is 1.90. The van der Waals surface area contributed by atoms with Gasteiger partial charge in [-0.3, -0.25) is 19.2 Å². The van der Waals surface area contributed by atoms with Gasteiger partial charge in [0, 0.05) is 36.8 Å². The average Bonchev–Trinajstić information content (AvgIpc) is 3.22. The lowest BCUT2D eigenvalue weighted by Gasteiger charge is -2.38. The van der Waals surface area contributed by atoms with E-state index in [1.807, 2.05) is 48.5 Å². The molecule has 0 bridgehead atoms. The first kappa shape index (κ1) is 21.5. The lowest BCUT2D eigenvalue weighted by molar-refractivity contribution is -0.250. The first-order chi connectivity index (χ1) is 17.1. The summed E-state index contributed by atoms with van der Waals surface area (Å²) in [6.45, 7) is 3.10. The van der Waals surface area contributed by atoms with Crippen molar-refractivity contribution in [3.05, 3.63) is 81.9 Å². The number of hydrogen-bond acceptors (Lipinski definition) is 6. The third-order valence-corrected chi connectivity index (χ3v) is 8.42. The van der Waals surface area contributed by atoms with Crippen molar-refractivity contribution in [2.24, 2.45) is 17.3 Å². The fourth-order valence-electron chi connectivity index (χ4n) is 6.60. The van der Waals surface area contributed by atoms with E-state index in [4.69, 9.17) is 9.47 Å². The predicted molar refractivity (Wildman–Crippen MR) is 130 cm³/mol. The molecule has 180 valence electrons. The van der Waals surface area contributed by atoms with Gasteiger partial charge in [0.05, 0.1) is 0 Å². The minimum absolute atomic E-state index is 0.0182. The molecule has 3 aliphatic carbocycles. The van der Waals surface area contributed by atoms with Crippen molar-refractivity contribution in [2.75, 3.05) is 0 Å². The monoisotopic (exact) mass is 480 g/mol. The van der Waals surface area contributed by atoms with E-state index in [1.165, 1.54) is 0 Å². The third kappa shape index (κ3) is 2.84. The maximum atomic E-state index is 13.6. The molecule has 0 radical (unpaired) electrons. The quantitative estimate of drug-likeness (QED) is 0.355. The highest BCUT2D eigenvalue weighted by Gasteiger charge is 2.59. The molecule has 4 aliphatic rings. The zero-order valence-electron chi connectivity index (χ0n) is 20.1. The van der Waals surface area contributed by atoms with E-state index >= 15 is 0 Å². The van der Waals surface area contributed by atoms with Crippen molar-refractivity contribution < 1.29 is 28.7 Å². The van der Waals surface area contributed by atoms with E-state index in [0.29, 0.717) is 24.0 Å². The number of ketones is 2. The molecule has 1 spiro atoms. The fraction of sp³-hybridized carbons (Fsp3) is 0.333. The Morgan fingerprint density at radius 2 is 1.11 bits per heavy atom. The topological polar surface area (TPSA) is 86.7 Å². The molecule has 0 N–H and O–H groups in total. The summed E-state index contributed by atoms with van der Waals surface area (Å²) in [7, 11) is 0. The van der Waals surface area contributed by atoms with Gasteiger partial charge in [0.2, 0.25) is 0 Å². The molecule has 0 amide bonds. The lowest BCUT2D eigenvalue weighted by atomic mass is 9.65. The zero-order chi connectivity index (χ0) is 25.0. The summed E-state index contributed by atoms with van der Waals surface area (Å²) >= 11 is 0. The van der Waals surface area contributed by atoms with Gasteiger partial charge < -0.3 is 9.47 Å². The minimum Gasteiger partial charge on any atom is -0.422 e. The Bertz CT molecular complexity index is 1450. The van der Waals surface area contributed by atoms with Crippen LogP contribution in [0, 0.1) is 17.3 Å². The molecule has 3 aromatic carbocycles. The van der Waals surface area contributed by atoms with Crippen LogP contribution in [-0.4, -0.2) is 29.3 Å². The number of esters is 2. The Morgan fingerprint density at radius 3 is 1.56 bits per heavy atom. The van der Waals surface area contributed by atoms with E-state index in [0.717, 1.165) is 33.0 Å². The van der Waals surface area contributed by atoms with Crippen LogP contribution < -0.4 is 0 Å². The molecule has 7 rings (SSSR count). The number of carbonyl (C=O) groups is 4. The van der Waals surface area contributed by atoms with E-state index in [1.54, 1.807) is 13.8 Å². The van der Waals surface area contributed by atoms with Crippen LogP contribution in [-0.2, 0) is 44.7 Å². The average molecular weight is 481 g/mol. The molecule has 1 aliphatic heterocycles. The first-order valence-electron chi connectivity index (χ1n) is 12.4. The van der Waals surface area contributed by atoms with Gasteiger partial charge >= 0.3 is 11.9 Å². The van der Waals surface area contributed by atoms with Crippen molar-refractivity contribution in [1.82, 2.24) is 0 Å². The maximum Gasteiger partial charge on any atom is 0.327 e. The Hall–Kier alpha value is -3.80. The van der Waals surface area contributed by atoms with E-state index < -0.39 is 35.0 Å². The summed E-state index contributed by atoms with van der Waals surface area (Å²) in [5.41, 5.74) is 3.49. The second-order valence-electron chi connectivity index (χ2n) is 11.1. The van der Waals surface area contributed by atoms with Crippen LogP contribution >= 0.6 is 0 Å². The second-order valence-corrected chi connectivity index (χ2v) is 11.1. The summed E-state index contributed by atoms with van der Waals surface area (Å²) in [6, 6.07) is 15.5. The van der Waals surface area contributed by atoms with Gasteiger partial charge in [-0.2, -0.15) is 0 Å². The molecule has 1 saturated heterocycles. The van der Waals surface area contributed by atoms with Crippen molar-refractivity contribution in [2.45, 2.75) is 45.3 Å². The second kappa shape index (κ2) is 6.90. The van der Waals surface area contributed by atoms with E-state index in [2.05, 4.69) is 0 Å². The molecule has 2 atom stereocenters. The van der Waals surface area contributed by atoms with Crippen LogP contribution in [0.15, 0.2) is 48.5 Å². The van der Waals surface area contributed by atoms with Gasteiger partial charge in [-0.1, -0.05) is 36.4 Å². The molecule has 6 heteroatoms. The number of benzene rings is 3. The van der Waals surface area contributed by atoms with Crippen molar-refractivity contribution in [3.8, 4) is 0 Å². The van der Waals surface area contributed by atoms with Crippen molar-refractivity contribution >= 4 is 34.3 Å². The molecule has 0 saturated carbocycles. The highest BCUT2D eigenvalue weighted by molar-refractivity contribution is 6.18. The molecular formula is C30H24O6.